The summed E-state index contributed by atoms with van der Waals surface area (Å²) in [5, 5.41) is 17.6. The number of hydrogen-bond acceptors (Lipinski definition) is 3. The highest BCUT2D eigenvalue weighted by atomic mass is 16.5. The summed E-state index contributed by atoms with van der Waals surface area (Å²) in [6.07, 6.45) is -0.759. The van der Waals surface area contributed by atoms with Gasteiger partial charge in [0.05, 0.1) is 19.1 Å². The largest absolute Gasteiger partial charge is 0.493 e. The number of carboxylic acids is 1. The number of hydrogen-bond donors (Lipinski definition) is 2. The normalized spacial score (nSPS) is 12.1. The molecular formula is C11H14O4. The zero-order valence-corrected chi connectivity index (χ0v) is 8.30. The van der Waals surface area contributed by atoms with Crippen molar-refractivity contribution in [3.05, 3.63) is 30.3 Å². The van der Waals surface area contributed by atoms with Gasteiger partial charge in [-0.2, -0.15) is 0 Å². The van der Waals surface area contributed by atoms with Crippen molar-refractivity contribution in [1.82, 2.24) is 0 Å². The van der Waals surface area contributed by atoms with E-state index in [1.807, 2.05) is 30.3 Å². The molecule has 0 saturated carbocycles. The molecular weight excluding hydrogens is 196 g/mol. The van der Waals surface area contributed by atoms with Crippen LogP contribution in [0.5, 0.6) is 5.75 Å². The number of benzene rings is 1. The third kappa shape index (κ3) is 5.02. The van der Waals surface area contributed by atoms with Crippen molar-refractivity contribution < 1.29 is 19.7 Å². The number of aliphatic hydroxyl groups is 1. The topological polar surface area (TPSA) is 66.8 Å². The Balaban J connectivity index is 2.19. The Bertz CT molecular complexity index is 297. The van der Waals surface area contributed by atoms with Crippen LogP contribution in [0.15, 0.2) is 30.3 Å². The minimum Gasteiger partial charge on any atom is -0.493 e. The van der Waals surface area contributed by atoms with E-state index >= 15 is 0 Å². The first-order chi connectivity index (χ1) is 7.18. The lowest BCUT2D eigenvalue weighted by molar-refractivity contribution is -0.139. The second-order valence-electron chi connectivity index (χ2n) is 3.20. The molecule has 1 atom stereocenters. The van der Waals surface area contributed by atoms with Gasteiger partial charge >= 0.3 is 5.97 Å². The Kier molecular flexibility index (Phi) is 4.63. The first-order valence-corrected chi connectivity index (χ1v) is 4.76. The van der Waals surface area contributed by atoms with Crippen LogP contribution in [-0.2, 0) is 4.79 Å². The first-order valence-electron chi connectivity index (χ1n) is 4.76. The van der Waals surface area contributed by atoms with Gasteiger partial charge in [0.15, 0.2) is 0 Å². The van der Waals surface area contributed by atoms with Gasteiger partial charge in [0.25, 0.3) is 0 Å². The predicted molar refractivity (Wildman–Crippen MR) is 54.8 cm³/mol. The summed E-state index contributed by atoms with van der Waals surface area (Å²) in [6.45, 7) is 0.318. The van der Waals surface area contributed by atoms with E-state index in [2.05, 4.69) is 0 Å². The Morgan fingerprint density at radius 1 is 1.33 bits per heavy atom. The quantitative estimate of drug-likeness (QED) is 0.742. The number of carboxylic acid groups (broad SMARTS) is 1. The second-order valence-corrected chi connectivity index (χ2v) is 3.20. The highest BCUT2D eigenvalue weighted by Crippen LogP contribution is 2.09. The van der Waals surface area contributed by atoms with Crippen molar-refractivity contribution in [3.8, 4) is 5.75 Å². The van der Waals surface area contributed by atoms with Crippen LogP contribution in [0.4, 0.5) is 0 Å². The molecule has 0 aliphatic carbocycles. The molecule has 1 aromatic rings. The Morgan fingerprint density at radius 3 is 2.60 bits per heavy atom. The SMILES string of the molecule is O=C(O)C[C@H](O)CCOc1ccccc1. The van der Waals surface area contributed by atoms with Gasteiger partial charge in [-0.05, 0) is 12.1 Å². The number of aliphatic hydroxyl groups excluding tert-OH is 1. The van der Waals surface area contributed by atoms with Gasteiger partial charge in [-0.3, -0.25) is 4.79 Å². The molecule has 0 saturated heterocycles. The average molecular weight is 210 g/mol. The maximum absolute atomic E-state index is 10.2. The van der Waals surface area contributed by atoms with E-state index in [0.29, 0.717) is 13.0 Å². The van der Waals surface area contributed by atoms with E-state index in [1.165, 1.54) is 0 Å². The number of rotatable bonds is 6. The third-order valence-electron chi connectivity index (χ3n) is 1.87. The molecule has 0 unspecified atom stereocenters. The van der Waals surface area contributed by atoms with Crippen LogP contribution >= 0.6 is 0 Å². The summed E-state index contributed by atoms with van der Waals surface area (Å²) in [5.74, 6) is -0.276. The molecule has 0 fully saturated rings. The minimum absolute atomic E-state index is 0.238. The lowest BCUT2D eigenvalue weighted by Crippen LogP contribution is -2.16. The van der Waals surface area contributed by atoms with Gasteiger partial charge in [0.1, 0.15) is 5.75 Å². The van der Waals surface area contributed by atoms with E-state index in [0.717, 1.165) is 5.75 Å². The van der Waals surface area contributed by atoms with Gasteiger partial charge in [0, 0.05) is 6.42 Å². The number of ether oxygens (including phenoxy) is 1. The van der Waals surface area contributed by atoms with Crippen LogP contribution in [0, 0.1) is 0 Å². The molecule has 0 bridgehead atoms. The fourth-order valence-corrected chi connectivity index (χ4v) is 1.13. The van der Waals surface area contributed by atoms with Crippen LogP contribution in [0.3, 0.4) is 0 Å². The smallest absolute Gasteiger partial charge is 0.305 e. The highest BCUT2D eigenvalue weighted by molar-refractivity contribution is 5.67. The standard InChI is InChI=1S/C11H14O4/c12-9(8-11(13)14)6-7-15-10-4-2-1-3-5-10/h1-5,9,12H,6-8H2,(H,13,14)/t9-/m1/s1. The van der Waals surface area contributed by atoms with E-state index < -0.39 is 12.1 Å². The molecule has 15 heavy (non-hydrogen) atoms. The summed E-state index contributed by atoms with van der Waals surface area (Å²) in [4.78, 5) is 10.2. The summed E-state index contributed by atoms with van der Waals surface area (Å²) < 4.78 is 5.31. The van der Waals surface area contributed by atoms with Crippen molar-refractivity contribution in [2.45, 2.75) is 18.9 Å². The second kappa shape index (κ2) is 6.03. The van der Waals surface area contributed by atoms with Crippen LogP contribution in [0.2, 0.25) is 0 Å². The maximum atomic E-state index is 10.2. The summed E-state index contributed by atoms with van der Waals surface area (Å²) >= 11 is 0. The minimum atomic E-state index is -0.998. The van der Waals surface area contributed by atoms with E-state index in [4.69, 9.17) is 9.84 Å². The molecule has 0 amide bonds. The molecule has 4 heteroatoms. The molecule has 0 spiro atoms. The predicted octanol–water partition coefficient (Wildman–Crippen LogP) is 1.29. The Labute approximate surface area is 88.1 Å². The van der Waals surface area contributed by atoms with Gasteiger partial charge in [-0.1, -0.05) is 18.2 Å². The van der Waals surface area contributed by atoms with Crippen molar-refractivity contribution >= 4 is 5.97 Å². The van der Waals surface area contributed by atoms with Crippen molar-refractivity contribution in [2.75, 3.05) is 6.61 Å². The van der Waals surface area contributed by atoms with E-state index in [1.54, 1.807) is 0 Å². The van der Waals surface area contributed by atoms with Gasteiger partial charge < -0.3 is 14.9 Å². The summed E-state index contributed by atoms with van der Waals surface area (Å²) in [6, 6.07) is 9.20. The monoisotopic (exact) mass is 210 g/mol. The third-order valence-corrected chi connectivity index (χ3v) is 1.87. The fraction of sp³-hybridized carbons (Fsp3) is 0.364. The van der Waals surface area contributed by atoms with Crippen LogP contribution < -0.4 is 4.74 Å². The molecule has 2 N–H and O–H groups in total. The zero-order chi connectivity index (χ0) is 11.1. The van der Waals surface area contributed by atoms with Crippen molar-refractivity contribution in [2.24, 2.45) is 0 Å². The number of para-hydroxylation sites is 1. The molecule has 4 nitrogen and oxygen atoms in total. The molecule has 82 valence electrons. The highest BCUT2D eigenvalue weighted by Gasteiger charge is 2.08. The number of carbonyl (C=O) groups is 1. The van der Waals surface area contributed by atoms with Crippen LogP contribution in [0.1, 0.15) is 12.8 Å². The lowest BCUT2D eigenvalue weighted by atomic mass is 10.2. The van der Waals surface area contributed by atoms with Gasteiger partial charge in [-0.25, -0.2) is 0 Å². The summed E-state index contributed by atoms with van der Waals surface area (Å²) in [7, 11) is 0. The molecule has 0 aliphatic rings. The first kappa shape index (κ1) is 11.5. The number of aliphatic carboxylic acids is 1. The molecule has 0 heterocycles. The molecule has 0 aliphatic heterocycles. The van der Waals surface area contributed by atoms with Gasteiger partial charge in [-0.15, -0.1) is 0 Å². The Hall–Kier alpha value is -1.55. The Morgan fingerprint density at radius 2 is 2.00 bits per heavy atom. The molecule has 1 aromatic carbocycles. The van der Waals surface area contributed by atoms with Crippen molar-refractivity contribution in [1.29, 1.82) is 0 Å². The molecule has 1 rings (SSSR count). The average Bonchev–Trinajstić information content (AvgIpc) is 2.18. The lowest BCUT2D eigenvalue weighted by Gasteiger charge is -2.09. The van der Waals surface area contributed by atoms with Crippen LogP contribution in [0.25, 0.3) is 0 Å². The maximum Gasteiger partial charge on any atom is 0.305 e. The fourth-order valence-electron chi connectivity index (χ4n) is 1.13. The zero-order valence-electron chi connectivity index (χ0n) is 8.30. The van der Waals surface area contributed by atoms with Crippen molar-refractivity contribution in [3.63, 3.8) is 0 Å². The van der Waals surface area contributed by atoms with Crippen LogP contribution in [-0.4, -0.2) is 28.9 Å². The molecule has 0 aromatic heterocycles. The summed E-state index contributed by atoms with van der Waals surface area (Å²) in [5.41, 5.74) is 0. The van der Waals surface area contributed by atoms with Gasteiger partial charge in [0.2, 0.25) is 0 Å². The van der Waals surface area contributed by atoms with E-state index in [-0.39, 0.29) is 6.42 Å². The molecule has 0 radical (unpaired) electrons. The van der Waals surface area contributed by atoms with E-state index in [9.17, 15) is 9.90 Å².